The van der Waals surface area contributed by atoms with E-state index in [4.69, 9.17) is 16.3 Å². The lowest BCUT2D eigenvalue weighted by Crippen LogP contribution is -2.28. The summed E-state index contributed by atoms with van der Waals surface area (Å²) in [6.07, 6.45) is 2.04. The van der Waals surface area contributed by atoms with Crippen LogP contribution >= 0.6 is 11.6 Å². The fraction of sp³-hybridized carbons (Fsp3) is 0.409. The van der Waals surface area contributed by atoms with Crippen molar-refractivity contribution in [2.24, 2.45) is 7.05 Å². The van der Waals surface area contributed by atoms with Crippen LogP contribution < -0.4 is 15.4 Å². The van der Waals surface area contributed by atoms with Crippen molar-refractivity contribution in [3.05, 3.63) is 41.1 Å². The van der Waals surface area contributed by atoms with Gasteiger partial charge in [0.1, 0.15) is 34.6 Å². The second-order valence-corrected chi connectivity index (χ2v) is 8.36. The predicted octanol–water partition coefficient (Wildman–Crippen LogP) is 3.97. The number of amides is 1. The standard InChI is InChI=1S/C22H28ClFN6O2/c1-13(2)32-16-11-14(24)7-8-15(16)28-21-20-18(26-12-27-21)17(23)19(30(20)5)22(31)25-9-6-10-29(3)4/h7-8,11-13H,6,9-10H2,1-5H3,(H,25,31)(H,26,27,28). The number of nitrogens with zero attached hydrogens (tertiary/aromatic N) is 4. The highest BCUT2D eigenvalue weighted by molar-refractivity contribution is 6.38. The summed E-state index contributed by atoms with van der Waals surface area (Å²) in [7, 11) is 5.69. The van der Waals surface area contributed by atoms with Gasteiger partial charge in [0.05, 0.1) is 16.8 Å². The number of rotatable bonds is 9. The quantitative estimate of drug-likeness (QED) is 0.468. The maximum atomic E-state index is 13.8. The van der Waals surface area contributed by atoms with E-state index in [0.717, 1.165) is 13.0 Å². The first kappa shape index (κ1) is 23.7. The zero-order chi connectivity index (χ0) is 23.4. The molecule has 0 aliphatic rings. The van der Waals surface area contributed by atoms with E-state index in [-0.39, 0.29) is 17.0 Å². The Balaban J connectivity index is 1.94. The lowest BCUT2D eigenvalue weighted by Gasteiger charge is -2.16. The molecule has 0 spiro atoms. The van der Waals surface area contributed by atoms with Crippen molar-refractivity contribution in [3.8, 4) is 5.75 Å². The average molecular weight is 463 g/mol. The van der Waals surface area contributed by atoms with E-state index < -0.39 is 5.82 Å². The van der Waals surface area contributed by atoms with Crippen LogP contribution in [0.4, 0.5) is 15.9 Å². The van der Waals surface area contributed by atoms with E-state index >= 15 is 0 Å². The van der Waals surface area contributed by atoms with Gasteiger partial charge in [-0.05, 0) is 53.0 Å². The number of aromatic nitrogens is 3. The van der Waals surface area contributed by atoms with Gasteiger partial charge >= 0.3 is 0 Å². The van der Waals surface area contributed by atoms with Crippen molar-refractivity contribution < 1.29 is 13.9 Å². The Morgan fingerprint density at radius 1 is 1.31 bits per heavy atom. The molecule has 0 saturated heterocycles. The SMILES string of the molecule is CC(C)Oc1cc(F)ccc1Nc1ncnc2c(Cl)c(C(=O)NCCCN(C)C)n(C)c12. The minimum absolute atomic E-state index is 0.143. The summed E-state index contributed by atoms with van der Waals surface area (Å²) in [6, 6.07) is 4.22. The highest BCUT2D eigenvalue weighted by Gasteiger charge is 2.23. The lowest BCUT2D eigenvalue weighted by molar-refractivity contribution is 0.0944. The predicted molar refractivity (Wildman–Crippen MR) is 124 cm³/mol. The summed E-state index contributed by atoms with van der Waals surface area (Å²) in [5, 5.41) is 6.32. The largest absolute Gasteiger partial charge is 0.489 e. The van der Waals surface area contributed by atoms with Gasteiger partial charge in [-0.15, -0.1) is 0 Å². The number of hydrogen-bond acceptors (Lipinski definition) is 6. The smallest absolute Gasteiger partial charge is 0.269 e. The van der Waals surface area contributed by atoms with Gasteiger partial charge < -0.3 is 24.8 Å². The highest BCUT2D eigenvalue weighted by Crippen LogP contribution is 2.35. The summed E-state index contributed by atoms with van der Waals surface area (Å²) < 4.78 is 21.2. The van der Waals surface area contributed by atoms with E-state index in [1.54, 1.807) is 17.7 Å². The highest BCUT2D eigenvalue weighted by atomic mass is 35.5. The third kappa shape index (κ3) is 5.28. The molecule has 0 aliphatic carbocycles. The van der Waals surface area contributed by atoms with Crippen LogP contribution in [-0.4, -0.2) is 58.6 Å². The third-order valence-corrected chi connectivity index (χ3v) is 5.11. The molecule has 3 rings (SSSR count). The Labute approximate surface area is 191 Å². The Morgan fingerprint density at radius 3 is 2.75 bits per heavy atom. The van der Waals surface area contributed by atoms with Crippen LogP contribution in [0.5, 0.6) is 5.75 Å². The lowest BCUT2D eigenvalue weighted by atomic mass is 10.2. The molecule has 8 nitrogen and oxygen atoms in total. The van der Waals surface area contributed by atoms with Crippen molar-refractivity contribution in [2.45, 2.75) is 26.4 Å². The monoisotopic (exact) mass is 462 g/mol. The second kappa shape index (κ2) is 10.1. The first-order valence-corrected chi connectivity index (χ1v) is 10.7. The molecular weight excluding hydrogens is 435 g/mol. The molecule has 0 radical (unpaired) electrons. The molecule has 10 heteroatoms. The van der Waals surface area contributed by atoms with Gasteiger partial charge in [-0.3, -0.25) is 4.79 Å². The maximum absolute atomic E-state index is 13.8. The number of aryl methyl sites for hydroxylation is 1. The molecular formula is C22H28ClFN6O2. The summed E-state index contributed by atoms with van der Waals surface area (Å²) in [5.41, 5.74) is 1.83. The van der Waals surface area contributed by atoms with Crippen LogP contribution in [-0.2, 0) is 7.05 Å². The van der Waals surface area contributed by atoms with Crippen LogP contribution in [0.1, 0.15) is 30.8 Å². The Hall–Kier alpha value is -2.91. The molecule has 0 fully saturated rings. The van der Waals surface area contributed by atoms with Gasteiger partial charge in [0.15, 0.2) is 5.82 Å². The van der Waals surface area contributed by atoms with Crippen LogP contribution in [0.2, 0.25) is 5.02 Å². The molecule has 2 heterocycles. The minimum atomic E-state index is -0.408. The summed E-state index contributed by atoms with van der Waals surface area (Å²) in [6.45, 7) is 5.11. The third-order valence-electron chi connectivity index (χ3n) is 4.75. The van der Waals surface area contributed by atoms with Crippen molar-refractivity contribution in [1.82, 2.24) is 24.8 Å². The van der Waals surface area contributed by atoms with Gasteiger partial charge in [0.2, 0.25) is 0 Å². The molecule has 0 bridgehead atoms. The minimum Gasteiger partial charge on any atom is -0.489 e. The van der Waals surface area contributed by atoms with Crippen LogP contribution in [0.3, 0.4) is 0 Å². The number of halogens is 2. The topological polar surface area (TPSA) is 84.3 Å². The van der Waals surface area contributed by atoms with E-state index in [1.165, 1.54) is 18.5 Å². The molecule has 2 N–H and O–H groups in total. The van der Waals surface area contributed by atoms with E-state index in [1.807, 2.05) is 27.9 Å². The second-order valence-electron chi connectivity index (χ2n) is 7.99. The molecule has 1 aromatic carbocycles. The van der Waals surface area contributed by atoms with E-state index in [2.05, 4.69) is 25.5 Å². The van der Waals surface area contributed by atoms with Gasteiger partial charge in [-0.1, -0.05) is 11.6 Å². The number of fused-ring (bicyclic) bond motifs is 1. The van der Waals surface area contributed by atoms with E-state index in [0.29, 0.717) is 40.5 Å². The Morgan fingerprint density at radius 2 is 2.06 bits per heavy atom. The molecule has 0 saturated carbocycles. The van der Waals surface area contributed by atoms with Gasteiger partial charge in [0.25, 0.3) is 5.91 Å². The molecule has 0 atom stereocenters. The molecule has 0 aliphatic heterocycles. The number of carbonyl (C=O) groups excluding carboxylic acids is 1. The summed E-state index contributed by atoms with van der Waals surface area (Å²) in [5.74, 6) is 0.0807. The van der Waals surface area contributed by atoms with Crippen LogP contribution in [0.25, 0.3) is 11.0 Å². The van der Waals surface area contributed by atoms with Gasteiger partial charge in [-0.2, -0.15) is 0 Å². The van der Waals surface area contributed by atoms with Crippen molar-refractivity contribution in [3.63, 3.8) is 0 Å². The zero-order valence-corrected chi connectivity index (χ0v) is 19.6. The fourth-order valence-electron chi connectivity index (χ4n) is 3.33. The summed E-state index contributed by atoms with van der Waals surface area (Å²) >= 11 is 6.53. The molecule has 0 unspecified atom stereocenters. The molecule has 172 valence electrons. The number of benzene rings is 1. The Kier molecular flexibility index (Phi) is 7.52. The number of hydrogen-bond donors (Lipinski definition) is 2. The van der Waals surface area contributed by atoms with Gasteiger partial charge in [-0.25, -0.2) is 14.4 Å². The summed E-state index contributed by atoms with van der Waals surface area (Å²) in [4.78, 5) is 23.5. The number of carbonyl (C=O) groups is 1. The number of nitrogens with one attached hydrogen (secondary N) is 2. The van der Waals surface area contributed by atoms with Crippen molar-refractivity contribution in [2.75, 3.05) is 32.5 Å². The van der Waals surface area contributed by atoms with E-state index in [9.17, 15) is 9.18 Å². The van der Waals surface area contributed by atoms with Crippen LogP contribution in [0.15, 0.2) is 24.5 Å². The van der Waals surface area contributed by atoms with Crippen molar-refractivity contribution in [1.29, 1.82) is 0 Å². The van der Waals surface area contributed by atoms with Crippen molar-refractivity contribution >= 4 is 40.0 Å². The molecule has 1 amide bonds. The first-order valence-electron chi connectivity index (χ1n) is 10.3. The zero-order valence-electron chi connectivity index (χ0n) is 18.9. The molecule has 32 heavy (non-hydrogen) atoms. The maximum Gasteiger partial charge on any atom is 0.269 e. The van der Waals surface area contributed by atoms with Crippen LogP contribution in [0, 0.1) is 5.82 Å². The fourth-order valence-corrected chi connectivity index (χ4v) is 3.68. The number of ether oxygens (including phenoxy) is 1. The first-order chi connectivity index (χ1) is 15.2. The molecule has 2 aromatic heterocycles. The Bertz CT molecular complexity index is 1120. The average Bonchev–Trinajstić information content (AvgIpc) is 2.98. The molecule has 3 aromatic rings. The number of anilines is 2. The van der Waals surface area contributed by atoms with Gasteiger partial charge in [0, 0.05) is 19.7 Å². The normalized spacial score (nSPS) is 11.4.